The molecule has 0 bridgehead atoms. The van der Waals surface area contributed by atoms with Gasteiger partial charge in [-0.2, -0.15) is 0 Å². The maximum Gasteiger partial charge on any atom is 0.0601 e. The Morgan fingerprint density at radius 1 is 0.727 bits per heavy atom. The van der Waals surface area contributed by atoms with Crippen molar-refractivity contribution in [1.82, 2.24) is 0 Å². The van der Waals surface area contributed by atoms with Gasteiger partial charge in [0.25, 0.3) is 0 Å². The van der Waals surface area contributed by atoms with Crippen LogP contribution >= 0.6 is 23.2 Å². The molecule has 4 heteroatoms. The number of ether oxygens (including phenoxy) is 2. The summed E-state index contributed by atoms with van der Waals surface area (Å²) < 4.78 is 10.2. The highest BCUT2D eigenvalue weighted by atomic mass is 35.5. The van der Waals surface area contributed by atoms with Crippen LogP contribution < -0.4 is 0 Å². The van der Waals surface area contributed by atoms with Gasteiger partial charge in [0.1, 0.15) is 0 Å². The second-order valence-corrected chi connectivity index (χ2v) is 2.71. The van der Waals surface area contributed by atoms with Gasteiger partial charge in [0, 0.05) is 25.0 Å². The molecule has 0 saturated heterocycles. The van der Waals surface area contributed by atoms with Crippen LogP contribution in [0.1, 0.15) is 6.42 Å². The third-order valence-corrected chi connectivity index (χ3v) is 1.33. The van der Waals surface area contributed by atoms with Crippen molar-refractivity contribution in [2.24, 2.45) is 0 Å². The van der Waals surface area contributed by atoms with Crippen molar-refractivity contribution < 1.29 is 9.47 Å². The Bertz CT molecular complexity index is 63.5. The lowest BCUT2D eigenvalue weighted by molar-refractivity contribution is 0.0954. The standard InChI is InChI=1S/C7H14Cl2O2/c8-2-6-10-4-1-5-11-7-3-9/h1-7H2. The van der Waals surface area contributed by atoms with E-state index in [1.807, 2.05) is 0 Å². The second-order valence-electron chi connectivity index (χ2n) is 1.96. The summed E-state index contributed by atoms with van der Waals surface area (Å²) in [5, 5.41) is 0. The first-order valence-corrected chi connectivity index (χ1v) is 4.76. The Balaban J connectivity index is 2.69. The van der Waals surface area contributed by atoms with Crippen LogP contribution in [0.2, 0.25) is 0 Å². The van der Waals surface area contributed by atoms with E-state index in [2.05, 4.69) is 0 Å². The molecule has 0 aliphatic heterocycles. The summed E-state index contributed by atoms with van der Waals surface area (Å²) in [6.07, 6.45) is 0.910. The van der Waals surface area contributed by atoms with Crippen LogP contribution in [0.5, 0.6) is 0 Å². The molecule has 68 valence electrons. The van der Waals surface area contributed by atoms with Crippen molar-refractivity contribution >= 4 is 23.2 Å². The van der Waals surface area contributed by atoms with Gasteiger partial charge in [-0.3, -0.25) is 0 Å². The lowest BCUT2D eigenvalue weighted by Gasteiger charge is -2.02. The summed E-state index contributed by atoms with van der Waals surface area (Å²) in [5.41, 5.74) is 0. The zero-order chi connectivity index (χ0) is 8.36. The summed E-state index contributed by atoms with van der Waals surface area (Å²) in [6, 6.07) is 0. The van der Waals surface area contributed by atoms with E-state index in [0.29, 0.717) is 25.0 Å². The van der Waals surface area contributed by atoms with Crippen LogP contribution in [0.4, 0.5) is 0 Å². The van der Waals surface area contributed by atoms with E-state index in [1.165, 1.54) is 0 Å². The van der Waals surface area contributed by atoms with E-state index >= 15 is 0 Å². The molecule has 0 aromatic rings. The highest BCUT2D eigenvalue weighted by Gasteiger charge is 1.88. The molecule has 0 amide bonds. The molecule has 0 aromatic heterocycles. The van der Waals surface area contributed by atoms with Crippen molar-refractivity contribution in [3.63, 3.8) is 0 Å². The number of alkyl halides is 2. The minimum absolute atomic E-state index is 0.558. The van der Waals surface area contributed by atoms with Crippen LogP contribution in [-0.4, -0.2) is 38.2 Å². The Kier molecular flexibility index (Phi) is 11.0. The monoisotopic (exact) mass is 200 g/mol. The Morgan fingerprint density at radius 2 is 1.18 bits per heavy atom. The van der Waals surface area contributed by atoms with Gasteiger partial charge < -0.3 is 9.47 Å². The molecule has 0 unspecified atom stereocenters. The first kappa shape index (κ1) is 11.5. The van der Waals surface area contributed by atoms with Gasteiger partial charge in [-0.1, -0.05) is 0 Å². The van der Waals surface area contributed by atoms with Gasteiger partial charge in [0.15, 0.2) is 0 Å². The summed E-state index contributed by atoms with van der Waals surface area (Å²) in [7, 11) is 0. The van der Waals surface area contributed by atoms with Gasteiger partial charge >= 0.3 is 0 Å². The predicted octanol–water partition coefficient (Wildman–Crippen LogP) is 1.89. The van der Waals surface area contributed by atoms with E-state index in [0.717, 1.165) is 19.6 Å². The van der Waals surface area contributed by atoms with Gasteiger partial charge in [0.2, 0.25) is 0 Å². The quantitative estimate of drug-likeness (QED) is 0.441. The molecule has 0 rings (SSSR count). The highest BCUT2D eigenvalue weighted by molar-refractivity contribution is 6.18. The first-order chi connectivity index (χ1) is 5.41. The molecule has 0 spiro atoms. The Labute approximate surface area is 77.8 Å². The van der Waals surface area contributed by atoms with Crippen LogP contribution in [0, 0.1) is 0 Å². The van der Waals surface area contributed by atoms with E-state index in [1.54, 1.807) is 0 Å². The first-order valence-electron chi connectivity index (χ1n) is 3.69. The molecule has 0 aliphatic carbocycles. The summed E-state index contributed by atoms with van der Waals surface area (Å²) in [6.45, 7) is 2.68. The second kappa shape index (κ2) is 10.5. The van der Waals surface area contributed by atoms with E-state index < -0.39 is 0 Å². The molecule has 0 fully saturated rings. The van der Waals surface area contributed by atoms with Crippen molar-refractivity contribution in [2.75, 3.05) is 38.2 Å². The molecule has 11 heavy (non-hydrogen) atoms. The van der Waals surface area contributed by atoms with Crippen LogP contribution in [0.15, 0.2) is 0 Å². The number of hydrogen-bond acceptors (Lipinski definition) is 2. The summed E-state index contributed by atoms with van der Waals surface area (Å²) >= 11 is 10.8. The van der Waals surface area contributed by atoms with Crippen LogP contribution in [-0.2, 0) is 9.47 Å². The molecular weight excluding hydrogens is 187 g/mol. The molecule has 0 atom stereocenters. The molecule has 0 heterocycles. The molecule has 0 aliphatic rings. The average molecular weight is 201 g/mol. The van der Waals surface area contributed by atoms with Crippen molar-refractivity contribution in [3.05, 3.63) is 0 Å². The fraction of sp³-hybridized carbons (Fsp3) is 1.00. The summed E-state index contributed by atoms with van der Waals surface area (Å²) in [4.78, 5) is 0. The largest absolute Gasteiger partial charge is 0.380 e. The molecule has 0 N–H and O–H groups in total. The predicted molar refractivity (Wildman–Crippen MR) is 47.7 cm³/mol. The zero-order valence-corrected chi connectivity index (χ0v) is 8.03. The van der Waals surface area contributed by atoms with Crippen LogP contribution in [0.25, 0.3) is 0 Å². The fourth-order valence-corrected chi connectivity index (χ4v) is 0.795. The zero-order valence-electron chi connectivity index (χ0n) is 6.52. The number of rotatable bonds is 8. The smallest absolute Gasteiger partial charge is 0.0601 e. The molecule has 0 saturated carbocycles. The number of halogens is 2. The van der Waals surface area contributed by atoms with Gasteiger partial charge in [-0.05, 0) is 6.42 Å². The van der Waals surface area contributed by atoms with E-state index in [4.69, 9.17) is 32.7 Å². The summed E-state index contributed by atoms with van der Waals surface area (Å²) in [5.74, 6) is 1.12. The lowest BCUT2D eigenvalue weighted by atomic mass is 10.5. The molecular formula is C7H14Cl2O2. The van der Waals surface area contributed by atoms with Crippen molar-refractivity contribution in [2.45, 2.75) is 6.42 Å². The van der Waals surface area contributed by atoms with Gasteiger partial charge in [-0.15, -0.1) is 23.2 Å². The third-order valence-electron chi connectivity index (χ3n) is 1.02. The average Bonchev–Trinajstić information content (AvgIpc) is 2.03. The minimum atomic E-state index is 0.558. The Hall–Kier alpha value is 0.500. The minimum Gasteiger partial charge on any atom is -0.380 e. The normalized spacial score (nSPS) is 10.4. The van der Waals surface area contributed by atoms with Crippen LogP contribution in [0.3, 0.4) is 0 Å². The molecule has 2 nitrogen and oxygen atoms in total. The SMILES string of the molecule is ClCCOCCCOCCCl. The Morgan fingerprint density at radius 3 is 1.55 bits per heavy atom. The van der Waals surface area contributed by atoms with Crippen molar-refractivity contribution in [3.8, 4) is 0 Å². The molecule has 0 radical (unpaired) electrons. The number of hydrogen-bond donors (Lipinski definition) is 0. The maximum atomic E-state index is 5.39. The topological polar surface area (TPSA) is 18.5 Å². The highest BCUT2D eigenvalue weighted by Crippen LogP contribution is 1.87. The lowest BCUT2D eigenvalue weighted by Crippen LogP contribution is -2.03. The van der Waals surface area contributed by atoms with Gasteiger partial charge in [-0.25, -0.2) is 0 Å². The third kappa shape index (κ3) is 10.5. The molecule has 0 aromatic carbocycles. The van der Waals surface area contributed by atoms with Gasteiger partial charge in [0.05, 0.1) is 13.2 Å². The van der Waals surface area contributed by atoms with E-state index in [-0.39, 0.29) is 0 Å². The maximum absolute atomic E-state index is 5.39. The van der Waals surface area contributed by atoms with E-state index in [9.17, 15) is 0 Å². The van der Waals surface area contributed by atoms with Crippen molar-refractivity contribution in [1.29, 1.82) is 0 Å². The fourth-order valence-electron chi connectivity index (χ4n) is 0.576.